The molecule has 2 aromatic heterocycles. The molecule has 5 heteroatoms. The predicted octanol–water partition coefficient (Wildman–Crippen LogP) is 4.20. The van der Waals surface area contributed by atoms with E-state index in [2.05, 4.69) is 27.1 Å². The number of hydrogen-bond acceptors (Lipinski definition) is 4. The largest absolute Gasteiger partial charge is 0.368 e. The number of fused-ring (bicyclic) bond motifs is 1. The number of halogens is 1. The Morgan fingerprint density at radius 2 is 2.00 bits per heavy atom. The van der Waals surface area contributed by atoms with Crippen LogP contribution < -0.4 is 5.32 Å². The molecule has 1 N–H and O–H groups in total. The van der Waals surface area contributed by atoms with Gasteiger partial charge in [0.25, 0.3) is 0 Å². The first-order valence-electron chi connectivity index (χ1n) is 6.49. The van der Waals surface area contributed by atoms with Gasteiger partial charge in [0, 0.05) is 23.6 Å². The smallest absolute Gasteiger partial charge is 0.138 e. The number of anilines is 1. The Kier molecular flexibility index (Phi) is 4.34. The quantitative estimate of drug-likeness (QED) is 0.582. The second-order valence-electron chi connectivity index (χ2n) is 4.35. The Bertz CT molecular complexity index is 799. The summed E-state index contributed by atoms with van der Waals surface area (Å²) in [6, 6.07) is 9.56. The standard InChI is InChI=1S/C16H12ClN3S/c17-13-6-4-12(5-7-13)3-1-2-9-18-15-14-8-10-21-16(14)20-11-19-15/h4-8,10-11H,2,9H2,(H,18,19,20). The van der Waals surface area contributed by atoms with E-state index in [1.54, 1.807) is 17.7 Å². The maximum atomic E-state index is 5.83. The van der Waals surface area contributed by atoms with Crippen LogP contribution in [0.4, 0.5) is 5.82 Å². The molecule has 0 atom stereocenters. The summed E-state index contributed by atoms with van der Waals surface area (Å²) < 4.78 is 0. The molecule has 1 aromatic carbocycles. The summed E-state index contributed by atoms with van der Waals surface area (Å²) in [5, 5.41) is 7.11. The first kappa shape index (κ1) is 13.9. The number of nitrogens with zero attached hydrogens (tertiary/aromatic N) is 2. The van der Waals surface area contributed by atoms with Gasteiger partial charge >= 0.3 is 0 Å². The molecule has 0 aliphatic heterocycles. The first-order chi connectivity index (χ1) is 10.3. The van der Waals surface area contributed by atoms with Gasteiger partial charge in [-0.05, 0) is 35.7 Å². The average molecular weight is 314 g/mol. The number of aromatic nitrogens is 2. The molecular formula is C16H12ClN3S. The van der Waals surface area contributed by atoms with Crippen molar-refractivity contribution >= 4 is 39.0 Å². The van der Waals surface area contributed by atoms with Gasteiger partial charge in [-0.3, -0.25) is 0 Å². The fourth-order valence-corrected chi connectivity index (χ4v) is 2.73. The van der Waals surface area contributed by atoms with Gasteiger partial charge in [-0.25, -0.2) is 9.97 Å². The zero-order valence-electron chi connectivity index (χ0n) is 11.1. The molecule has 3 aromatic rings. The molecule has 2 heterocycles. The van der Waals surface area contributed by atoms with Crippen LogP contribution in [-0.2, 0) is 0 Å². The summed E-state index contributed by atoms with van der Waals surface area (Å²) >= 11 is 7.45. The topological polar surface area (TPSA) is 37.8 Å². The predicted molar refractivity (Wildman–Crippen MR) is 88.9 cm³/mol. The van der Waals surface area contributed by atoms with Gasteiger partial charge in [0.2, 0.25) is 0 Å². The van der Waals surface area contributed by atoms with E-state index < -0.39 is 0 Å². The van der Waals surface area contributed by atoms with Crippen molar-refractivity contribution in [1.29, 1.82) is 0 Å². The Balaban J connectivity index is 1.57. The molecule has 0 fully saturated rings. The highest BCUT2D eigenvalue weighted by Crippen LogP contribution is 2.23. The van der Waals surface area contributed by atoms with Gasteiger partial charge in [-0.15, -0.1) is 11.3 Å². The molecule has 0 saturated heterocycles. The van der Waals surface area contributed by atoms with Crippen molar-refractivity contribution in [3.63, 3.8) is 0 Å². The highest BCUT2D eigenvalue weighted by Gasteiger charge is 2.02. The summed E-state index contributed by atoms with van der Waals surface area (Å²) in [6.07, 6.45) is 2.33. The lowest BCUT2D eigenvalue weighted by Crippen LogP contribution is -2.02. The molecule has 3 nitrogen and oxygen atoms in total. The summed E-state index contributed by atoms with van der Waals surface area (Å²) in [7, 11) is 0. The molecule has 0 radical (unpaired) electrons. The fourth-order valence-electron chi connectivity index (χ4n) is 1.87. The van der Waals surface area contributed by atoms with Crippen molar-refractivity contribution < 1.29 is 0 Å². The van der Waals surface area contributed by atoms with Crippen molar-refractivity contribution in [2.45, 2.75) is 6.42 Å². The van der Waals surface area contributed by atoms with E-state index in [1.165, 1.54) is 0 Å². The van der Waals surface area contributed by atoms with Gasteiger partial charge in [0.1, 0.15) is 17.0 Å². The Labute approximate surface area is 132 Å². The summed E-state index contributed by atoms with van der Waals surface area (Å²) in [4.78, 5) is 9.49. The minimum Gasteiger partial charge on any atom is -0.368 e. The molecule has 0 aliphatic carbocycles. The van der Waals surface area contributed by atoms with E-state index in [4.69, 9.17) is 11.6 Å². The minimum absolute atomic E-state index is 0.728. The molecule has 0 spiro atoms. The summed E-state index contributed by atoms with van der Waals surface area (Å²) in [5.74, 6) is 7.12. The van der Waals surface area contributed by atoms with Crippen LogP contribution in [0.5, 0.6) is 0 Å². The molecular weight excluding hydrogens is 302 g/mol. The van der Waals surface area contributed by atoms with Crippen molar-refractivity contribution in [3.05, 3.63) is 52.6 Å². The van der Waals surface area contributed by atoms with E-state index in [9.17, 15) is 0 Å². The number of benzene rings is 1. The third-order valence-electron chi connectivity index (χ3n) is 2.88. The third kappa shape index (κ3) is 3.52. The number of nitrogens with one attached hydrogen (secondary N) is 1. The molecule has 3 rings (SSSR count). The molecule has 21 heavy (non-hydrogen) atoms. The normalized spacial score (nSPS) is 10.1. The Morgan fingerprint density at radius 1 is 1.14 bits per heavy atom. The van der Waals surface area contributed by atoms with E-state index in [-0.39, 0.29) is 0 Å². The van der Waals surface area contributed by atoms with Gasteiger partial charge < -0.3 is 5.32 Å². The Hall–Kier alpha value is -2.09. The minimum atomic E-state index is 0.728. The Morgan fingerprint density at radius 3 is 2.86 bits per heavy atom. The van der Waals surface area contributed by atoms with Gasteiger partial charge in [-0.2, -0.15) is 0 Å². The van der Waals surface area contributed by atoms with E-state index in [0.29, 0.717) is 0 Å². The lowest BCUT2D eigenvalue weighted by atomic mass is 10.2. The van der Waals surface area contributed by atoms with Crippen molar-refractivity contribution in [2.75, 3.05) is 11.9 Å². The zero-order chi connectivity index (χ0) is 14.5. The monoisotopic (exact) mass is 313 g/mol. The van der Waals surface area contributed by atoms with Gasteiger partial charge in [-0.1, -0.05) is 23.4 Å². The fraction of sp³-hybridized carbons (Fsp3) is 0.125. The van der Waals surface area contributed by atoms with E-state index in [1.807, 2.05) is 35.7 Å². The first-order valence-corrected chi connectivity index (χ1v) is 7.75. The SMILES string of the molecule is Clc1ccc(C#CCCNc2ncnc3sccc23)cc1. The second-order valence-corrected chi connectivity index (χ2v) is 5.68. The number of thiophene rings is 1. The highest BCUT2D eigenvalue weighted by molar-refractivity contribution is 7.16. The molecule has 0 saturated carbocycles. The number of hydrogen-bond donors (Lipinski definition) is 1. The second kappa shape index (κ2) is 6.57. The zero-order valence-corrected chi connectivity index (χ0v) is 12.7. The van der Waals surface area contributed by atoms with Crippen LogP contribution in [0.1, 0.15) is 12.0 Å². The van der Waals surface area contributed by atoms with Crippen LogP contribution in [-0.4, -0.2) is 16.5 Å². The van der Waals surface area contributed by atoms with E-state index in [0.717, 1.165) is 39.6 Å². The maximum Gasteiger partial charge on any atom is 0.138 e. The lowest BCUT2D eigenvalue weighted by Gasteiger charge is -2.03. The molecule has 0 unspecified atom stereocenters. The van der Waals surface area contributed by atoms with Gasteiger partial charge in [0.15, 0.2) is 0 Å². The van der Waals surface area contributed by atoms with Crippen LogP contribution in [0.25, 0.3) is 10.2 Å². The highest BCUT2D eigenvalue weighted by atomic mass is 35.5. The molecule has 0 amide bonds. The van der Waals surface area contributed by atoms with Crippen LogP contribution in [0.2, 0.25) is 5.02 Å². The summed E-state index contributed by atoms with van der Waals surface area (Å²) in [6.45, 7) is 0.753. The third-order valence-corrected chi connectivity index (χ3v) is 3.95. The number of rotatable bonds is 3. The summed E-state index contributed by atoms with van der Waals surface area (Å²) in [5.41, 5.74) is 0.974. The van der Waals surface area contributed by atoms with Crippen molar-refractivity contribution in [2.24, 2.45) is 0 Å². The lowest BCUT2D eigenvalue weighted by molar-refractivity contribution is 1.07. The average Bonchev–Trinajstić information content (AvgIpc) is 2.98. The van der Waals surface area contributed by atoms with Crippen molar-refractivity contribution in [3.8, 4) is 11.8 Å². The van der Waals surface area contributed by atoms with Crippen LogP contribution in [0, 0.1) is 11.8 Å². The van der Waals surface area contributed by atoms with E-state index >= 15 is 0 Å². The van der Waals surface area contributed by atoms with Crippen molar-refractivity contribution in [1.82, 2.24) is 9.97 Å². The van der Waals surface area contributed by atoms with Crippen LogP contribution in [0.3, 0.4) is 0 Å². The van der Waals surface area contributed by atoms with Crippen LogP contribution >= 0.6 is 22.9 Å². The molecule has 104 valence electrons. The van der Waals surface area contributed by atoms with Crippen LogP contribution in [0.15, 0.2) is 42.0 Å². The maximum absolute atomic E-state index is 5.83. The van der Waals surface area contributed by atoms with Gasteiger partial charge in [0.05, 0.1) is 5.39 Å². The molecule has 0 bridgehead atoms. The molecule has 0 aliphatic rings.